The summed E-state index contributed by atoms with van der Waals surface area (Å²) in [6, 6.07) is 19.6. The number of nitrogens with zero attached hydrogens (tertiary/aromatic N) is 1. The van der Waals surface area contributed by atoms with Crippen LogP contribution in [0.4, 0.5) is 5.69 Å². The minimum Gasteiger partial charge on any atom is -0.454 e. The first-order valence-electron chi connectivity index (χ1n) is 8.39. The van der Waals surface area contributed by atoms with Gasteiger partial charge in [-0.2, -0.15) is 0 Å². The van der Waals surface area contributed by atoms with E-state index in [9.17, 15) is 0 Å². The van der Waals surface area contributed by atoms with Crippen LogP contribution in [0.2, 0.25) is 0 Å². The third-order valence-corrected chi connectivity index (χ3v) is 5.04. The molecule has 3 aromatic rings. The molecule has 1 N–H and O–H groups in total. The van der Waals surface area contributed by atoms with Crippen molar-refractivity contribution in [3.8, 4) is 17.2 Å². The Morgan fingerprint density at radius 3 is 2.62 bits per heavy atom. The molecule has 3 heterocycles. The first kappa shape index (κ1) is 13.7. The van der Waals surface area contributed by atoms with E-state index in [4.69, 9.17) is 9.47 Å². The second-order valence-corrected chi connectivity index (χ2v) is 6.25. The molecule has 0 spiro atoms. The van der Waals surface area contributed by atoms with Gasteiger partial charge < -0.3 is 14.0 Å². The van der Waals surface area contributed by atoms with Crippen molar-refractivity contribution in [1.82, 2.24) is 4.57 Å². The van der Waals surface area contributed by atoms with E-state index in [1.165, 1.54) is 27.5 Å². The van der Waals surface area contributed by atoms with Crippen molar-refractivity contribution in [2.75, 3.05) is 13.3 Å². The summed E-state index contributed by atoms with van der Waals surface area (Å²) >= 11 is 0. The SMILES string of the molecule is CC[NH+](c1ccccc1)C1c2cc3c(cc2-n2cccc21)OCO3. The highest BCUT2D eigenvalue weighted by Gasteiger charge is 2.38. The van der Waals surface area contributed by atoms with Gasteiger partial charge in [0, 0.05) is 17.8 Å². The van der Waals surface area contributed by atoms with Gasteiger partial charge in [0.05, 0.1) is 17.9 Å². The summed E-state index contributed by atoms with van der Waals surface area (Å²) in [5.41, 5.74) is 5.12. The van der Waals surface area contributed by atoms with Crippen molar-refractivity contribution in [3.05, 3.63) is 72.1 Å². The van der Waals surface area contributed by atoms with Gasteiger partial charge in [-0.15, -0.1) is 0 Å². The maximum atomic E-state index is 5.63. The molecule has 2 aliphatic heterocycles. The molecule has 0 amide bonds. The number of quaternary nitrogens is 1. The molecule has 2 unspecified atom stereocenters. The fourth-order valence-electron chi connectivity index (χ4n) is 3.99. The molecule has 4 heteroatoms. The second kappa shape index (κ2) is 5.14. The molecule has 2 aromatic carbocycles. The summed E-state index contributed by atoms with van der Waals surface area (Å²) in [7, 11) is 0. The van der Waals surface area contributed by atoms with Crippen molar-refractivity contribution >= 4 is 5.69 Å². The molecule has 2 atom stereocenters. The van der Waals surface area contributed by atoms with Crippen LogP contribution in [0.1, 0.15) is 24.2 Å². The average Bonchev–Trinajstić information content (AvgIpc) is 3.32. The summed E-state index contributed by atoms with van der Waals surface area (Å²) in [4.78, 5) is 1.44. The van der Waals surface area contributed by atoms with Gasteiger partial charge in [-0.05, 0) is 37.3 Å². The zero-order valence-corrected chi connectivity index (χ0v) is 13.5. The van der Waals surface area contributed by atoms with Crippen molar-refractivity contribution in [2.45, 2.75) is 13.0 Å². The Hall–Kier alpha value is -2.72. The Labute approximate surface area is 140 Å². The number of para-hydroxylation sites is 1. The molecular formula is C20H19N2O2+. The summed E-state index contributed by atoms with van der Waals surface area (Å²) in [6.45, 7) is 3.55. The average molecular weight is 319 g/mol. The normalized spacial score (nSPS) is 18.3. The van der Waals surface area contributed by atoms with Crippen LogP contribution in [0.5, 0.6) is 11.5 Å². The van der Waals surface area contributed by atoms with E-state index in [1.54, 1.807) is 0 Å². The first-order chi connectivity index (χ1) is 11.9. The molecule has 1 aromatic heterocycles. The lowest BCUT2D eigenvalue weighted by molar-refractivity contribution is -0.858. The minimum atomic E-state index is 0.261. The van der Waals surface area contributed by atoms with Gasteiger partial charge >= 0.3 is 0 Å². The maximum Gasteiger partial charge on any atom is 0.231 e. The molecule has 0 saturated carbocycles. The Kier molecular flexibility index (Phi) is 2.94. The van der Waals surface area contributed by atoms with E-state index in [-0.39, 0.29) is 6.04 Å². The second-order valence-electron chi connectivity index (χ2n) is 6.25. The number of nitrogens with one attached hydrogen (secondary N) is 1. The van der Waals surface area contributed by atoms with Gasteiger partial charge in [0.25, 0.3) is 0 Å². The van der Waals surface area contributed by atoms with Gasteiger partial charge in [-0.25, -0.2) is 0 Å². The molecule has 0 saturated heterocycles. The highest BCUT2D eigenvalue weighted by Crippen LogP contribution is 2.43. The largest absolute Gasteiger partial charge is 0.454 e. The molecule has 0 aliphatic carbocycles. The van der Waals surface area contributed by atoms with Crippen LogP contribution in [-0.4, -0.2) is 17.9 Å². The molecule has 0 fully saturated rings. The van der Waals surface area contributed by atoms with E-state index < -0.39 is 0 Å². The molecule has 24 heavy (non-hydrogen) atoms. The third-order valence-electron chi connectivity index (χ3n) is 5.04. The third kappa shape index (κ3) is 1.83. The number of benzene rings is 2. The smallest absolute Gasteiger partial charge is 0.231 e. The monoisotopic (exact) mass is 319 g/mol. The predicted octanol–water partition coefficient (Wildman–Crippen LogP) is 2.85. The molecule has 120 valence electrons. The number of rotatable bonds is 3. The summed E-state index contributed by atoms with van der Waals surface area (Å²) in [6.07, 6.45) is 2.13. The Bertz CT molecular complexity index is 901. The predicted molar refractivity (Wildman–Crippen MR) is 91.3 cm³/mol. The minimum absolute atomic E-state index is 0.261. The van der Waals surface area contributed by atoms with Crippen LogP contribution in [-0.2, 0) is 0 Å². The Morgan fingerprint density at radius 1 is 1.04 bits per heavy atom. The Balaban J connectivity index is 1.70. The topological polar surface area (TPSA) is 27.8 Å². The number of hydrogen-bond donors (Lipinski definition) is 1. The van der Waals surface area contributed by atoms with Crippen molar-refractivity contribution < 1.29 is 14.4 Å². The molecule has 2 aliphatic rings. The lowest BCUT2D eigenvalue weighted by Crippen LogP contribution is -3.07. The van der Waals surface area contributed by atoms with E-state index in [0.717, 1.165) is 18.0 Å². The molecule has 0 bridgehead atoms. The van der Waals surface area contributed by atoms with E-state index in [0.29, 0.717) is 6.79 Å². The summed E-state index contributed by atoms with van der Waals surface area (Å²) in [5, 5.41) is 0. The molecular weight excluding hydrogens is 300 g/mol. The quantitative estimate of drug-likeness (QED) is 0.804. The molecule has 5 rings (SSSR count). The van der Waals surface area contributed by atoms with Gasteiger partial charge in [0.2, 0.25) is 6.79 Å². The number of aromatic nitrogens is 1. The lowest BCUT2D eigenvalue weighted by Gasteiger charge is -2.24. The number of fused-ring (bicyclic) bond motifs is 4. The lowest BCUT2D eigenvalue weighted by atomic mass is 10.0. The Morgan fingerprint density at radius 2 is 1.83 bits per heavy atom. The van der Waals surface area contributed by atoms with Gasteiger partial charge in [-0.1, -0.05) is 18.2 Å². The van der Waals surface area contributed by atoms with Crippen LogP contribution >= 0.6 is 0 Å². The summed E-state index contributed by atoms with van der Waals surface area (Å²) in [5.74, 6) is 1.69. The van der Waals surface area contributed by atoms with Crippen LogP contribution in [0, 0.1) is 0 Å². The van der Waals surface area contributed by atoms with Crippen molar-refractivity contribution in [1.29, 1.82) is 0 Å². The van der Waals surface area contributed by atoms with Crippen LogP contribution < -0.4 is 14.4 Å². The van der Waals surface area contributed by atoms with Crippen molar-refractivity contribution in [3.63, 3.8) is 0 Å². The van der Waals surface area contributed by atoms with Crippen molar-refractivity contribution in [2.24, 2.45) is 0 Å². The maximum absolute atomic E-state index is 5.63. The first-order valence-corrected chi connectivity index (χ1v) is 8.39. The van der Waals surface area contributed by atoms with Gasteiger partial charge in [-0.3, -0.25) is 4.90 Å². The molecule has 0 radical (unpaired) electrons. The zero-order valence-electron chi connectivity index (χ0n) is 13.5. The number of ether oxygens (including phenoxy) is 2. The summed E-state index contributed by atoms with van der Waals surface area (Å²) < 4.78 is 13.5. The molecule has 4 nitrogen and oxygen atoms in total. The highest BCUT2D eigenvalue weighted by atomic mass is 16.7. The van der Waals surface area contributed by atoms with Crippen LogP contribution in [0.3, 0.4) is 0 Å². The zero-order chi connectivity index (χ0) is 16.1. The van der Waals surface area contributed by atoms with E-state index in [2.05, 4.69) is 72.3 Å². The van der Waals surface area contributed by atoms with E-state index in [1.807, 2.05) is 0 Å². The fraction of sp³-hybridized carbons (Fsp3) is 0.200. The number of hydrogen-bond acceptors (Lipinski definition) is 2. The fourth-order valence-corrected chi connectivity index (χ4v) is 3.99. The highest BCUT2D eigenvalue weighted by molar-refractivity contribution is 5.61. The van der Waals surface area contributed by atoms with Gasteiger partial charge in [0.1, 0.15) is 5.69 Å². The van der Waals surface area contributed by atoms with E-state index >= 15 is 0 Å². The van der Waals surface area contributed by atoms with Crippen LogP contribution in [0.15, 0.2) is 60.8 Å². The van der Waals surface area contributed by atoms with Gasteiger partial charge in [0.15, 0.2) is 17.5 Å². The van der Waals surface area contributed by atoms with Crippen LogP contribution in [0.25, 0.3) is 5.69 Å². The standard InChI is InChI=1S/C20H18N2O2/c1-2-21(14-7-4-3-5-8-14)20-15-11-18-19(24-13-23-18)12-17(15)22-10-6-9-16(20)22/h3-12,20H,2,13H2,1H3/p+1.